The van der Waals surface area contributed by atoms with Crippen molar-refractivity contribution in [1.29, 1.82) is 0 Å². The maximum atomic E-state index is 13.0. The summed E-state index contributed by atoms with van der Waals surface area (Å²) in [5, 5.41) is 9.13. The topological polar surface area (TPSA) is 37.5 Å². The molecule has 0 aliphatic rings. The third-order valence-corrected chi connectivity index (χ3v) is 3.35. The fraction of sp³-hybridized carbons (Fsp3) is 0.100. The number of thiazole rings is 1. The number of fused-ring (bicyclic) bond motifs is 3. The number of hydrogen-bond acceptors (Lipinski definition) is 3. The average molecular weight is 222 g/mol. The Bertz CT molecular complexity index is 643. The van der Waals surface area contributed by atoms with Crippen molar-refractivity contribution < 1.29 is 9.50 Å². The first-order valence-corrected chi connectivity index (χ1v) is 5.26. The van der Waals surface area contributed by atoms with Crippen LogP contribution < -0.4 is 0 Å². The number of aliphatic hydroxyl groups excluding tert-OH is 1. The van der Waals surface area contributed by atoms with Gasteiger partial charge in [0.15, 0.2) is 4.96 Å². The van der Waals surface area contributed by atoms with E-state index in [2.05, 4.69) is 4.98 Å². The van der Waals surface area contributed by atoms with Crippen LogP contribution >= 0.6 is 11.3 Å². The lowest BCUT2D eigenvalue weighted by Crippen LogP contribution is -1.89. The highest BCUT2D eigenvalue weighted by Crippen LogP contribution is 2.27. The lowest BCUT2D eigenvalue weighted by Gasteiger charge is -1.95. The van der Waals surface area contributed by atoms with Crippen molar-refractivity contribution in [2.24, 2.45) is 0 Å². The molecule has 0 radical (unpaired) electrons. The molecule has 2 aromatic heterocycles. The van der Waals surface area contributed by atoms with Crippen LogP contribution in [0.5, 0.6) is 0 Å². The van der Waals surface area contributed by atoms with Crippen molar-refractivity contribution in [1.82, 2.24) is 9.38 Å². The standard InChI is InChI=1S/C10H7FN2OS/c11-6-1-2-8-9(3-6)15-10-12-4-7(5-14)13(8)10/h1-4,14H,5H2. The van der Waals surface area contributed by atoms with Gasteiger partial charge in [-0.2, -0.15) is 0 Å². The Hall–Kier alpha value is -1.46. The molecule has 1 N–H and O–H groups in total. The van der Waals surface area contributed by atoms with Gasteiger partial charge < -0.3 is 5.11 Å². The predicted octanol–water partition coefficient (Wildman–Crippen LogP) is 2.18. The summed E-state index contributed by atoms with van der Waals surface area (Å²) in [6, 6.07) is 4.60. The molecule has 2 heterocycles. The number of benzene rings is 1. The fourth-order valence-electron chi connectivity index (χ4n) is 1.66. The molecule has 3 aromatic rings. The highest BCUT2D eigenvalue weighted by atomic mass is 32.1. The summed E-state index contributed by atoms with van der Waals surface area (Å²) in [7, 11) is 0. The Morgan fingerprint density at radius 3 is 3.13 bits per heavy atom. The second-order valence-corrected chi connectivity index (χ2v) is 4.25. The highest BCUT2D eigenvalue weighted by molar-refractivity contribution is 7.23. The summed E-state index contributed by atoms with van der Waals surface area (Å²) in [5.41, 5.74) is 1.61. The third kappa shape index (κ3) is 1.17. The number of halogens is 1. The van der Waals surface area contributed by atoms with Crippen molar-refractivity contribution in [3.63, 3.8) is 0 Å². The smallest absolute Gasteiger partial charge is 0.194 e. The summed E-state index contributed by atoms with van der Waals surface area (Å²) >= 11 is 1.41. The van der Waals surface area contributed by atoms with Crippen molar-refractivity contribution in [3.05, 3.63) is 35.9 Å². The Kier molecular flexibility index (Phi) is 1.77. The molecule has 0 aliphatic heterocycles. The molecule has 0 fully saturated rings. The van der Waals surface area contributed by atoms with Gasteiger partial charge in [0, 0.05) is 0 Å². The zero-order valence-electron chi connectivity index (χ0n) is 7.64. The minimum absolute atomic E-state index is 0.0651. The number of rotatable bonds is 1. The van der Waals surface area contributed by atoms with E-state index in [-0.39, 0.29) is 12.4 Å². The van der Waals surface area contributed by atoms with E-state index in [4.69, 9.17) is 5.11 Å². The van der Waals surface area contributed by atoms with E-state index in [1.807, 2.05) is 4.40 Å². The molecule has 3 rings (SSSR count). The first-order chi connectivity index (χ1) is 7.29. The van der Waals surface area contributed by atoms with Crippen LogP contribution in [0.4, 0.5) is 4.39 Å². The average Bonchev–Trinajstić information content (AvgIpc) is 2.74. The third-order valence-electron chi connectivity index (χ3n) is 2.33. The molecule has 0 atom stereocenters. The van der Waals surface area contributed by atoms with Crippen LogP contribution in [-0.4, -0.2) is 14.5 Å². The molecule has 0 aliphatic carbocycles. The van der Waals surface area contributed by atoms with Crippen LogP contribution in [0, 0.1) is 5.82 Å². The van der Waals surface area contributed by atoms with Gasteiger partial charge in [0.2, 0.25) is 0 Å². The van der Waals surface area contributed by atoms with Gasteiger partial charge in [-0.05, 0) is 18.2 Å². The molecule has 0 saturated carbocycles. The zero-order chi connectivity index (χ0) is 10.4. The van der Waals surface area contributed by atoms with Gasteiger partial charge in [-0.25, -0.2) is 9.37 Å². The first-order valence-electron chi connectivity index (χ1n) is 4.45. The van der Waals surface area contributed by atoms with Gasteiger partial charge >= 0.3 is 0 Å². The second-order valence-electron chi connectivity index (χ2n) is 3.24. The van der Waals surface area contributed by atoms with Crippen molar-refractivity contribution in [2.75, 3.05) is 0 Å². The lowest BCUT2D eigenvalue weighted by molar-refractivity contribution is 0.276. The molecular weight excluding hydrogens is 215 g/mol. The van der Waals surface area contributed by atoms with Gasteiger partial charge in [0.25, 0.3) is 0 Å². The number of aromatic nitrogens is 2. The summed E-state index contributed by atoms with van der Waals surface area (Å²) in [6.45, 7) is -0.0651. The highest BCUT2D eigenvalue weighted by Gasteiger charge is 2.10. The maximum absolute atomic E-state index is 13.0. The van der Waals surface area contributed by atoms with Gasteiger partial charge in [-0.15, -0.1) is 0 Å². The molecule has 0 bridgehead atoms. The van der Waals surface area contributed by atoms with Crippen LogP contribution in [0.2, 0.25) is 0 Å². The minimum atomic E-state index is -0.252. The molecule has 76 valence electrons. The van der Waals surface area contributed by atoms with Crippen LogP contribution in [0.25, 0.3) is 15.2 Å². The van der Waals surface area contributed by atoms with Gasteiger partial charge in [0.05, 0.1) is 28.7 Å². The Morgan fingerprint density at radius 2 is 2.33 bits per heavy atom. The summed E-state index contributed by atoms with van der Waals surface area (Å²) < 4.78 is 15.7. The monoisotopic (exact) mass is 222 g/mol. The van der Waals surface area contributed by atoms with E-state index in [0.717, 1.165) is 20.9 Å². The Morgan fingerprint density at radius 1 is 1.47 bits per heavy atom. The van der Waals surface area contributed by atoms with E-state index < -0.39 is 0 Å². The van der Waals surface area contributed by atoms with Crippen molar-refractivity contribution in [3.8, 4) is 0 Å². The van der Waals surface area contributed by atoms with Crippen molar-refractivity contribution in [2.45, 2.75) is 6.61 Å². The van der Waals surface area contributed by atoms with Crippen LogP contribution in [0.1, 0.15) is 5.69 Å². The van der Waals surface area contributed by atoms with Crippen LogP contribution in [0.15, 0.2) is 24.4 Å². The van der Waals surface area contributed by atoms with Gasteiger partial charge in [-0.1, -0.05) is 11.3 Å². The van der Waals surface area contributed by atoms with E-state index in [0.29, 0.717) is 0 Å². The molecule has 15 heavy (non-hydrogen) atoms. The number of imidazole rings is 1. The van der Waals surface area contributed by atoms with E-state index >= 15 is 0 Å². The molecule has 0 spiro atoms. The van der Waals surface area contributed by atoms with E-state index in [1.54, 1.807) is 12.3 Å². The second kappa shape index (κ2) is 3.01. The largest absolute Gasteiger partial charge is 0.390 e. The summed E-state index contributed by atoms with van der Waals surface area (Å²) in [4.78, 5) is 4.93. The van der Waals surface area contributed by atoms with Crippen LogP contribution in [0.3, 0.4) is 0 Å². The summed E-state index contributed by atoms with van der Waals surface area (Å²) in [5.74, 6) is -0.252. The molecule has 5 heteroatoms. The van der Waals surface area contributed by atoms with Gasteiger partial charge in [0.1, 0.15) is 5.82 Å². The molecular formula is C10H7FN2OS. The molecule has 0 unspecified atom stereocenters. The lowest BCUT2D eigenvalue weighted by atomic mass is 10.3. The van der Waals surface area contributed by atoms with Crippen LogP contribution in [-0.2, 0) is 6.61 Å². The zero-order valence-corrected chi connectivity index (χ0v) is 8.46. The maximum Gasteiger partial charge on any atom is 0.194 e. The number of nitrogens with zero attached hydrogens (tertiary/aromatic N) is 2. The first kappa shape index (κ1) is 8.82. The Labute approximate surface area is 88.4 Å². The van der Waals surface area contributed by atoms with E-state index in [1.165, 1.54) is 23.5 Å². The fourth-order valence-corrected chi connectivity index (χ4v) is 2.71. The molecule has 0 amide bonds. The molecule has 0 saturated heterocycles. The van der Waals surface area contributed by atoms with Gasteiger partial charge in [-0.3, -0.25) is 4.40 Å². The molecule has 3 nitrogen and oxygen atoms in total. The number of aliphatic hydroxyl groups is 1. The SMILES string of the molecule is OCc1cnc2sc3cc(F)ccc3n12. The van der Waals surface area contributed by atoms with Crippen molar-refractivity contribution >= 4 is 26.5 Å². The Balaban J connectivity index is 2.49. The minimum Gasteiger partial charge on any atom is -0.390 e. The normalized spacial score (nSPS) is 11.6. The predicted molar refractivity (Wildman–Crippen MR) is 56.5 cm³/mol. The molecule has 1 aromatic carbocycles. The quantitative estimate of drug-likeness (QED) is 0.685. The van der Waals surface area contributed by atoms with E-state index in [9.17, 15) is 4.39 Å². The summed E-state index contributed by atoms with van der Waals surface area (Å²) in [6.07, 6.45) is 1.63. The number of hydrogen-bond donors (Lipinski definition) is 1.